The topological polar surface area (TPSA) is 75.1 Å². The van der Waals surface area contributed by atoms with Crippen molar-refractivity contribution in [3.05, 3.63) is 59.9 Å². The molecule has 7 nitrogen and oxygen atoms in total. The van der Waals surface area contributed by atoms with Crippen LogP contribution in [0.1, 0.15) is 15.9 Å². The lowest BCUT2D eigenvalue weighted by atomic mass is 10.2. The molecule has 0 radical (unpaired) electrons. The van der Waals surface area contributed by atoms with Gasteiger partial charge in [-0.2, -0.15) is 5.10 Å². The molecule has 2 aromatic heterocycles. The molecule has 2 N–H and O–H groups in total. The van der Waals surface area contributed by atoms with Crippen molar-refractivity contribution in [3.63, 3.8) is 0 Å². The van der Waals surface area contributed by atoms with E-state index >= 15 is 0 Å². The summed E-state index contributed by atoms with van der Waals surface area (Å²) in [7, 11) is 0. The molecule has 140 valence electrons. The van der Waals surface area contributed by atoms with Crippen molar-refractivity contribution in [2.24, 2.45) is 0 Å². The first-order chi connectivity index (χ1) is 13.3. The largest absolute Gasteiger partial charge is 0.336 e. The zero-order valence-electron chi connectivity index (χ0n) is 15.3. The van der Waals surface area contributed by atoms with Crippen LogP contribution in [0.25, 0.3) is 11.0 Å². The molecule has 3 heterocycles. The maximum atomic E-state index is 12.9. The van der Waals surface area contributed by atoms with Crippen LogP contribution in [0.15, 0.2) is 48.8 Å². The first kappa shape index (κ1) is 17.6. The van der Waals surface area contributed by atoms with E-state index in [-0.39, 0.29) is 5.91 Å². The predicted molar refractivity (Wildman–Crippen MR) is 105 cm³/mol. The van der Waals surface area contributed by atoms with E-state index in [4.69, 9.17) is 0 Å². The van der Waals surface area contributed by atoms with E-state index in [0.29, 0.717) is 25.2 Å². The number of rotatable bonds is 3. The Kier molecular flexibility index (Phi) is 5.41. The van der Waals surface area contributed by atoms with Gasteiger partial charge in [-0.1, -0.05) is 30.3 Å². The third kappa shape index (κ3) is 4.15. The molecule has 0 atom stereocenters. The molecular weight excluding hydrogens is 340 g/mol. The Balaban J connectivity index is 1.53. The van der Waals surface area contributed by atoms with Gasteiger partial charge < -0.3 is 15.5 Å². The molecule has 1 aromatic carbocycles. The fourth-order valence-corrected chi connectivity index (χ4v) is 3.31. The third-order valence-electron chi connectivity index (χ3n) is 4.78. The summed E-state index contributed by atoms with van der Waals surface area (Å²) in [5.41, 5.74) is 2.57. The van der Waals surface area contributed by atoms with Crippen molar-refractivity contribution in [1.82, 2.24) is 30.3 Å². The second-order valence-corrected chi connectivity index (χ2v) is 6.72. The summed E-state index contributed by atoms with van der Waals surface area (Å²) in [6.45, 7) is 5.52. The fraction of sp³-hybridized carbons (Fsp3) is 0.350. The molecule has 0 aliphatic carbocycles. The maximum absolute atomic E-state index is 12.9. The molecule has 0 unspecified atom stereocenters. The Hall–Kier alpha value is -2.77. The van der Waals surface area contributed by atoms with Crippen LogP contribution < -0.4 is 10.6 Å². The van der Waals surface area contributed by atoms with Crippen molar-refractivity contribution in [1.29, 1.82) is 0 Å². The number of amides is 1. The first-order valence-corrected chi connectivity index (χ1v) is 9.37. The third-order valence-corrected chi connectivity index (χ3v) is 4.78. The second kappa shape index (κ2) is 8.28. The number of carbonyl (C=O) groups is 1. The minimum atomic E-state index is 0.0192. The molecule has 3 aromatic rings. The van der Waals surface area contributed by atoms with E-state index < -0.39 is 0 Å². The van der Waals surface area contributed by atoms with Gasteiger partial charge in [0.25, 0.3) is 5.91 Å². The average molecular weight is 364 g/mol. The Bertz CT molecular complexity index is 897. The summed E-state index contributed by atoms with van der Waals surface area (Å²) < 4.78 is 1.87. The van der Waals surface area contributed by atoms with Gasteiger partial charge in [-0.25, -0.2) is 9.67 Å². The number of nitrogens with one attached hydrogen (secondary N) is 2. The fourth-order valence-electron chi connectivity index (χ4n) is 3.31. The number of hydrogen-bond donors (Lipinski definition) is 2. The summed E-state index contributed by atoms with van der Waals surface area (Å²) in [5.74, 6) is 0.0192. The van der Waals surface area contributed by atoms with E-state index in [9.17, 15) is 4.79 Å². The van der Waals surface area contributed by atoms with Gasteiger partial charge >= 0.3 is 0 Å². The molecule has 0 spiro atoms. The smallest absolute Gasteiger partial charge is 0.255 e. The van der Waals surface area contributed by atoms with Crippen LogP contribution in [0, 0.1) is 0 Å². The number of pyridine rings is 1. The number of carbonyl (C=O) groups excluding carboxylic acids is 1. The van der Waals surface area contributed by atoms with E-state index in [1.165, 1.54) is 5.56 Å². The van der Waals surface area contributed by atoms with Crippen molar-refractivity contribution >= 4 is 16.9 Å². The number of hydrogen-bond acceptors (Lipinski definition) is 5. The van der Waals surface area contributed by atoms with Crippen LogP contribution in [0.4, 0.5) is 0 Å². The normalized spacial score (nSPS) is 15.9. The van der Waals surface area contributed by atoms with Gasteiger partial charge in [0.05, 0.1) is 18.3 Å². The Morgan fingerprint density at radius 1 is 1.00 bits per heavy atom. The number of aromatic nitrogens is 3. The Morgan fingerprint density at radius 3 is 2.48 bits per heavy atom. The number of fused-ring (bicyclic) bond motifs is 1. The van der Waals surface area contributed by atoms with Crippen molar-refractivity contribution < 1.29 is 4.79 Å². The SMILES string of the molecule is O=C(c1cnc2c(cnn2Cc2ccccc2)c1)N1CCNCCNCC1. The molecule has 27 heavy (non-hydrogen) atoms. The van der Waals surface area contributed by atoms with E-state index in [1.54, 1.807) is 12.4 Å². The molecule has 1 aliphatic rings. The minimum Gasteiger partial charge on any atom is -0.336 e. The Morgan fingerprint density at radius 2 is 1.74 bits per heavy atom. The molecule has 7 heteroatoms. The zero-order valence-corrected chi connectivity index (χ0v) is 15.3. The summed E-state index contributed by atoms with van der Waals surface area (Å²) in [5, 5.41) is 12.0. The highest BCUT2D eigenvalue weighted by molar-refractivity contribution is 5.96. The highest BCUT2D eigenvalue weighted by atomic mass is 16.2. The van der Waals surface area contributed by atoms with Crippen LogP contribution in [0.2, 0.25) is 0 Å². The molecule has 1 aliphatic heterocycles. The van der Waals surface area contributed by atoms with Crippen molar-refractivity contribution in [2.75, 3.05) is 39.3 Å². The van der Waals surface area contributed by atoms with Gasteiger partial charge in [0.2, 0.25) is 0 Å². The highest BCUT2D eigenvalue weighted by Gasteiger charge is 2.17. The number of benzene rings is 1. The monoisotopic (exact) mass is 364 g/mol. The highest BCUT2D eigenvalue weighted by Crippen LogP contribution is 2.16. The van der Waals surface area contributed by atoms with Crippen LogP contribution in [-0.4, -0.2) is 64.8 Å². The molecule has 4 rings (SSSR count). The molecular formula is C20H24N6O. The van der Waals surface area contributed by atoms with Crippen LogP contribution in [0.3, 0.4) is 0 Å². The molecule has 0 saturated carbocycles. The Labute approximate surface area is 158 Å². The van der Waals surface area contributed by atoms with Crippen LogP contribution in [0.5, 0.6) is 0 Å². The lowest BCUT2D eigenvalue weighted by molar-refractivity contribution is 0.0761. The molecule has 1 saturated heterocycles. The summed E-state index contributed by atoms with van der Waals surface area (Å²) in [6.07, 6.45) is 3.45. The minimum absolute atomic E-state index is 0.0192. The summed E-state index contributed by atoms with van der Waals surface area (Å²) in [4.78, 5) is 19.3. The van der Waals surface area contributed by atoms with Crippen molar-refractivity contribution in [2.45, 2.75) is 6.54 Å². The van der Waals surface area contributed by atoms with Crippen molar-refractivity contribution in [3.8, 4) is 0 Å². The van der Waals surface area contributed by atoms with E-state index in [2.05, 4.69) is 32.8 Å². The first-order valence-electron chi connectivity index (χ1n) is 9.37. The predicted octanol–water partition coefficient (Wildman–Crippen LogP) is 1.11. The summed E-state index contributed by atoms with van der Waals surface area (Å²) >= 11 is 0. The van der Waals surface area contributed by atoms with Gasteiger partial charge in [-0.15, -0.1) is 0 Å². The maximum Gasteiger partial charge on any atom is 0.255 e. The lowest BCUT2D eigenvalue weighted by Gasteiger charge is -2.21. The molecule has 1 amide bonds. The lowest BCUT2D eigenvalue weighted by Crippen LogP contribution is -2.38. The van der Waals surface area contributed by atoms with Gasteiger partial charge in [0.1, 0.15) is 0 Å². The average Bonchev–Trinajstić information content (AvgIpc) is 3.15. The quantitative estimate of drug-likeness (QED) is 0.728. The molecule has 0 bridgehead atoms. The second-order valence-electron chi connectivity index (χ2n) is 6.72. The van der Waals surface area contributed by atoms with Crippen LogP contribution in [-0.2, 0) is 6.54 Å². The van der Waals surface area contributed by atoms with Gasteiger partial charge in [0.15, 0.2) is 5.65 Å². The molecule has 1 fully saturated rings. The summed E-state index contributed by atoms with van der Waals surface area (Å²) in [6, 6.07) is 12.1. The van der Waals surface area contributed by atoms with Gasteiger partial charge in [-0.3, -0.25) is 4.79 Å². The van der Waals surface area contributed by atoms with Crippen LogP contribution >= 0.6 is 0 Å². The zero-order chi connectivity index (χ0) is 18.5. The van der Waals surface area contributed by atoms with E-state index in [1.807, 2.05) is 33.8 Å². The van der Waals surface area contributed by atoms with Gasteiger partial charge in [0, 0.05) is 50.9 Å². The van der Waals surface area contributed by atoms with E-state index in [0.717, 1.165) is 37.2 Å². The number of nitrogens with zero attached hydrogens (tertiary/aromatic N) is 4. The van der Waals surface area contributed by atoms with Gasteiger partial charge in [-0.05, 0) is 11.6 Å². The standard InChI is InChI=1S/C20H24N6O/c27-20(25-10-8-21-6-7-22-9-11-25)18-12-17-14-24-26(19(17)23-13-18)15-16-4-2-1-3-5-16/h1-5,12-14,21-22H,6-11,15H2.